The van der Waals surface area contributed by atoms with Gasteiger partial charge in [0.1, 0.15) is 6.54 Å². The van der Waals surface area contributed by atoms with Crippen molar-refractivity contribution in [3.63, 3.8) is 0 Å². The number of carbonyl (C=O) groups is 4. The Balaban J connectivity index is 1.77. The molecule has 1 aliphatic rings. The zero-order valence-corrected chi connectivity index (χ0v) is 21.8. The molecule has 0 aliphatic carbocycles. The summed E-state index contributed by atoms with van der Waals surface area (Å²) in [5.41, 5.74) is 1.00. The molecule has 3 amide bonds. The normalized spacial score (nSPS) is 14.3. The number of ether oxygens (including phenoxy) is 3. The van der Waals surface area contributed by atoms with Gasteiger partial charge in [0.2, 0.25) is 0 Å². The molecule has 1 fully saturated rings. The number of para-hydroxylation sites is 1. The van der Waals surface area contributed by atoms with E-state index in [0.717, 1.165) is 4.90 Å². The molecule has 184 valence electrons. The number of methoxy groups -OCH3 is 1. The molecule has 2 aromatic carbocycles. The van der Waals surface area contributed by atoms with E-state index in [4.69, 9.17) is 21.1 Å². The van der Waals surface area contributed by atoms with Gasteiger partial charge in [0.05, 0.1) is 33.8 Å². The molecule has 0 saturated carbocycles. The lowest BCUT2D eigenvalue weighted by atomic mass is 10.2. The second kappa shape index (κ2) is 12.1. The Kier molecular flexibility index (Phi) is 9.19. The van der Waals surface area contributed by atoms with Crippen molar-refractivity contribution in [2.75, 3.05) is 32.2 Å². The van der Waals surface area contributed by atoms with Crippen molar-refractivity contribution >= 4 is 74.1 Å². The Labute approximate surface area is 218 Å². The number of nitrogens with zero attached hydrogens (tertiary/aromatic N) is 1. The first-order valence-corrected chi connectivity index (χ1v) is 12.2. The van der Waals surface area contributed by atoms with Gasteiger partial charge in [0.25, 0.3) is 17.1 Å². The van der Waals surface area contributed by atoms with E-state index < -0.39 is 29.6 Å². The molecule has 1 heterocycles. The van der Waals surface area contributed by atoms with Crippen LogP contribution in [0, 0.1) is 0 Å². The molecular formula is C23H20BrClN2O7S. The molecular weight excluding hydrogens is 564 g/mol. The molecule has 9 nitrogen and oxygen atoms in total. The highest BCUT2D eigenvalue weighted by molar-refractivity contribution is 9.10. The fourth-order valence-corrected chi connectivity index (χ4v) is 4.54. The fraction of sp³-hybridized carbons (Fsp3) is 0.217. The van der Waals surface area contributed by atoms with Crippen LogP contribution >= 0.6 is 39.3 Å². The van der Waals surface area contributed by atoms with Crippen LogP contribution in [-0.2, 0) is 19.1 Å². The van der Waals surface area contributed by atoms with Crippen molar-refractivity contribution in [2.45, 2.75) is 6.92 Å². The van der Waals surface area contributed by atoms with Crippen LogP contribution in [0.5, 0.6) is 11.5 Å². The number of nitrogens with one attached hydrogen (secondary N) is 1. The minimum Gasteiger partial charge on any atom is -0.490 e. The molecule has 1 N–H and O–H groups in total. The third-order valence-corrected chi connectivity index (χ3v) is 6.34. The van der Waals surface area contributed by atoms with Gasteiger partial charge < -0.3 is 19.5 Å². The van der Waals surface area contributed by atoms with Gasteiger partial charge >= 0.3 is 5.97 Å². The lowest BCUT2D eigenvalue weighted by molar-refractivity contribution is -0.143. The first-order chi connectivity index (χ1) is 16.7. The topological polar surface area (TPSA) is 111 Å². The first kappa shape index (κ1) is 26.6. The summed E-state index contributed by atoms with van der Waals surface area (Å²) in [6.45, 7) is 1.32. The van der Waals surface area contributed by atoms with E-state index >= 15 is 0 Å². The summed E-state index contributed by atoms with van der Waals surface area (Å²) in [5.74, 6) is -1.11. The standard InChI is InChI=1S/C23H20BrClN2O7S/c1-3-33-17-9-13(10-18-22(30)27(23(31)35-18)11-20(29)32-2)8-14(24)21(17)34-12-19(28)26-16-7-5-4-6-15(16)25/h4-10H,3,11-12H2,1-2H3,(H,26,28)/b18-10-. The Morgan fingerprint density at radius 2 is 1.94 bits per heavy atom. The lowest BCUT2D eigenvalue weighted by Gasteiger charge is -2.15. The number of rotatable bonds is 9. The van der Waals surface area contributed by atoms with Crippen LogP contribution in [0.25, 0.3) is 6.08 Å². The molecule has 3 rings (SSSR count). The maximum atomic E-state index is 12.6. The van der Waals surface area contributed by atoms with Crippen molar-refractivity contribution in [3.05, 3.63) is 56.4 Å². The van der Waals surface area contributed by atoms with E-state index in [9.17, 15) is 19.2 Å². The van der Waals surface area contributed by atoms with E-state index in [2.05, 4.69) is 26.0 Å². The zero-order valence-electron chi connectivity index (χ0n) is 18.6. The number of hydrogen-bond donors (Lipinski definition) is 1. The average molecular weight is 584 g/mol. The summed E-state index contributed by atoms with van der Waals surface area (Å²) in [6, 6.07) is 10.1. The molecule has 1 aliphatic heterocycles. The third-order valence-electron chi connectivity index (χ3n) is 4.51. The van der Waals surface area contributed by atoms with Crippen LogP contribution in [0.1, 0.15) is 12.5 Å². The molecule has 1 saturated heterocycles. The summed E-state index contributed by atoms with van der Waals surface area (Å²) >= 11 is 10.2. The largest absolute Gasteiger partial charge is 0.490 e. The fourth-order valence-electron chi connectivity index (χ4n) is 2.94. The summed E-state index contributed by atoms with van der Waals surface area (Å²) in [5, 5.41) is 2.50. The Morgan fingerprint density at radius 1 is 1.20 bits per heavy atom. The summed E-state index contributed by atoms with van der Waals surface area (Å²) in [6.07, 6.45) is 1.50. The van der Waals surface area contributed by atoms with Crippen LogP contribution in [0.2, 0.25) is 5.02 Å². The summed E-state index contributed by atoms with van der Waals surface area (Å²) in [4.78, 5) is 49.5. The molecule has 2 aromatic rings. The van der Waals surface area contributed by atoms with Crippen molar-refractivity contribution in [2.24, 2.45) is 0 Å². The Hall–Kier alpha value is -3.02. The smallest absolute Gasteiger partial charge is 0.325 e. The highest BCUT2D eigenvalue weighted by Crippen LogP contribution is 2.39. The van der Waals surface area contributed by atoms with Crippen LogP contribution in [-0.4, -0.2) is 54.8 Å². The molecule has 0 spiro atoms. The molecule has 0 atom stereocenters. The van der Waals surface area contributed by atoms with Gasteiger partial charge in [-0.2, -0.15) is 0 Å². The lowest BCUT2D eigenvalue weighted by Crippen LogP contribution is -2.34. The van der Waals surface area contributed by atoms with Crippen LogP contribution in [0.4, 0.5) is 10.5 Å². The van der Waals surface area contributed by atoms with Crippen LogP contribution in [0.3, 0.4) is 0 Å². The molecule has 12 heteroatoms. The number of halogens is 2. The van der Waals surface area contributed by atoms with E-state index in [1.807, 2.05) is 0 Å². The number of benzene rings is 2. The summed E-state index contributed by atoms with van der Waals surface area (Å²) in [7, 11) is 1.17. The monoisotopic (exact) mass is 582 g/mol. The summed E-state index contributed by atoms with van der Waals surface area (Å²) < 4.78 is 16.4. The minimum absolute atomic E-state index is 0.140. The van der Waals surface area contributed by atoms with Gasteiger partial charge in [-0.15, -0.1) is 0 Å². The Morgan fingerprint density at radius 3 is 2.63 bits per heavy atom. The minimum atomic E-state index is -0.699. The number of thioether (sulfide) groups is 1. The van der Waals surface area contributed by atoms with Gasteiger partial charge in [-0.25, -0.2) is 0 Å². The van der Waals surface area contributed by atoms with Gasteiger partial charge in [0, 0.05) is 0 Å². The van der Waals surface area contributed by atoms with Gasteiger partial charge in [-0.3, -0.25) is 24.1 Å². The number of hydrogen-bond acceptors (Lipinski definition) is 8. The molecule has 0 unspecified atom stereocenters. The number of carbonyl (C=O) groups excluding carboxylic acids is 4. The van der Waals surface area contributed by atoms with Crippen molar-refractivity contribution in [1.29, 1.82) is 0 Å². The third kappa shape index (κ3) is 6.77. The SMILES string of the molecule is CCOc1cc(/C=C2\SC(=O)N(CC(=O)OC)C2=O)cc(Br)c1OCC(=O)Nc1ccccc1Cl. The zero-order chi connectivity index (χ0) is 25.5. The number of imide groups is 1. The van der Waals surface area contributed by atoms with Crippen LogP contribution < -0.4 is 14.8 Å². The highest BCUT2D eigenvalue weighted by Gasteiger charge is 2.36. The van der Waals surface area contributed by atoms with Gasteiger partial charge in [0.15, 0.2) is 18.1 Å². The average Bonchev–Trinajstić information content (AvgIpc) is 3.07. The quantitative estimate of drug-likeness (QED) is 0.333. The highest BCUT2D eigenvalue weighted by atomic mass is 79.9. The predicted octanol–water partition coefficient (Wildman–Crippen LogP) is 4.73. The van der Waals surface area contributed by atoms with Crippen molar-refractivity contribution in [1.82, 2.24) is 4.90 Å². The molecule has 0 radical (unpaired) electrons. The van der Waals surface area contributed by atoms with E-state index in [-0.39, 0.29) is 17.3 Å². The van der Waals surface area contributed by atoms with Crippen molar-refractivity contribution < 1.29 is 33.4 Å². The van der Waals surface area contributed by atoms with E-state index in [1.165, 1.54) is 13.2 Å². The number of anilines is 1. The number of esters is 1. The molecule has 0 aromatic heterocycles. The van der Waals surface area contributed by atoms with Gasteiger partial charge in [-0.1, -0.05) is 23.7 Å². The predicted molar refractivity (Wildman–Crippen MR) is 136 cm³/mol. The number of amides is 3. The molecule has 0 bridgehead atoms. The van der Waals surface area contributed by atoms with E-state index in [1.54, 1.807) is 43.3 Å². The first-order valence-electron chi connectivity index (χ1n) is 10.2. The van der Waals surface area contributed by atoms with Gasteiger partial charge in [-0.05, 0) is 70.5 Å². The maximum Gasteiger partial charge on any atom is 0.325 e. The maximum absolute atomic E-state index is 12.6. The second-order valence-corrected chi connectivity index (χ2v) is 9.18. The van der Waals surface area contributed by atoms with Crippen molar-refractivity contribution in [3.8, 4) is 11.5 Å². The van der Waals surface area contributed by atoms with E-state index in [0.29, 0.717) is 44.9 Å². The Bertz CT molecular complexity index is 1200. The van der Waals surface area contributed by atoms with Crippen LogP contribution in [0.15, 0.2) is 45.8 Å². The second-order valence-electron chi connectivity index (χ2n) is 6.92. The molecule has 35 heavy (non-hydrogen) atoms.